The van der Waals surface area contributed by atoms with Gasteiger partial charge in [0.2, 0.25) is 5.89 Å². The van der Waals surface area contributed by atoms with Gasteiger partial charge in [0.1, 0.15) is 0 Å². The number of urea groups is 1. The van der Waals surface area contributed by atoms with Gasteiger partial charge >= 0.3 is 6.03 Å². The number of rotatable bonds is 7. The van der Waals surface area contributed by atoms with Gasteiger partial charge in [-0.05, 0) is 51.5 Å². The van der Waals surface area contributed by atoms with E-state index >= 15 is 0 Å². The van der Waals surface area contributed by atoms with Crippen LogP contribution in [0.4, 0.5) is 4.79 Å². The number of hydrogen-bond acceptors (Lipinski definition) is 5. The lowest BCUT2D eigenvalue weighted by Crippen LogP contribution is -2.47. The number of hydrogen-bond donors (Lipinski definition) is 1. The second-order valence-corrected chi connectivity index (χ2v) is 8.53. The maximum Gasteiger partial charge on any atom is 0.317 e. The second-order valence-electron chi connectivity index (χ2n) is 8.53. The summed E-state index contributed by atoms with van der Waals surface area (Å²) in [6.45, 7) is 2.36. The molecule has 3 aliphatic rings. The maximum absolute atomic E-state index is 12.4. The average Bonchev–Trinajstić information content (AvgIpc) is 3.18. The van der Waals surface area contributed by atoms with Crippen molar-refractivity contribution in [2.45, 2.75) is 88.8 Å². The molecule has 0 bridgehead atoms. The molecule has 27 heavy (non-hydrogen) atoms. The molecule has 1 saturated heterocycles. The summed E-state index contributed by atoms with van der Waals surface area (Å²) in [5.41, 5.74) is 0. The molecule has 0 spiro atoms. The molecule has 2 saturated carbocycles. The minimum absolute atomic E-state index is 0.0593. The summed E-state index contributed by atoms with van der Waals surface area (Å²) in [5, 5.41) is 7.07. The number of nitrogens with one attached hydrogen (secondary N) is 1. The Bertz CT molecular complexity index is 624. The molecule has 0 aromatic carbocycles. The largest absolute Gasteiger partial charge is 0.339 e. The standard InChI is InChI=1S/C20H33N5O2/c1-24(14-18-22-19(27-23-18)15-9-10-15)20(26)21-12-11-17-8-4-5-13-25(17)16-6-2-3-7-16/h15-17H,2-14H2,1H3,(H,21,26)/t17-/m0/s1. The lowest BCUT2D eigenvalue weighted by Gasteiger charge is -2.40. The van der Waals surface area contributed by atoms with Crippen LogP contribution in [0.15, 0.2) is 4.52 Å². The molecule has 1 aliphatic heterocycles. The molecule has 1 atom stereocenters. The highest BCUT2D eigenvalue weighted by atomic mass is 16.5. The minimum atomic E-state index is -0.0593. The molecule has 2 amide bonds. The van der Waals surface area contributed by atoms with Crippen LogP contribution in [0.1, 0.15) is 81.8 Å². The van der Waals surface area contributed by atoms with E-state index in [2.05, 4.69) is 20.4 Å². The zero-order valence-electron chi connectivity index (χ0n) is 16.5. The molecule has 7 nitrogen and oxygen atoms in total. The van der Waals surface area contributed by atoms with Crippen molar-refractivity contribution in [3.63, 3.8) is 0 Å². The summed E-state index contributed by atoms with van der Waals surface area (Å²) in [4.78, 5) is 21.2. The molecule has 0 unspecified atom stereocenters. The number of aromatic nitrogens is 2. The first kappa shape index (κ1) is 18.7. The van der Waals surface area contributed by atoms with Gasteiger partial charge in [-0.1, -0.05) is 24.4 Å². The van der Waals surface area contributed by atoms with E-state index in [1.165, 1.54) is 51.5 Å². The third-order valence-corrected chi connectivity index (χ3v) is 6.36. The van der Waals surface area contributed by atoms with Crippen LogP contribution in [0.2, 0.25) is 0 Å². The van der Waals surface area contributed by atoms with Crippen LogP contribution < -0.4 is 5.32 Å². The summed E-state index contributed by atoms with van der Waals surface area (Å²) in [6.07, 6.45) is 12.7. The normalized spacial score (nSPS) is 24.3. The van der Waals surface area contributed by atoms with Gasteiger partial charge in [0.25, 0.3) is 0 Å². The molecule has 2 heterocycles. The quantitative estimate of drug-likeness (QED) is 0.792. The Kier molecular flexibility index (Phi) is 5.95. The number of carbonyl (C=O) groups excluding carboxylic acids is 1. The van der Waals surface area contributed by atoms with E-state index in [9.17, 15) is 4.79 Å². The fraction of sp³-hybridized carbons (Fsp3) is 0.850. The van der Waals surface area contributed by atoms with Gasteiger partial charge in [0.15, 0.2) is 5.82 Å². The Hall–Kier alpha value is -1.63. The van der Waals surface area contributed by atoms with Gasteiger partial charge < -0.3 is 14.7 Å². The topological polar surface area (TPSA) is 74.5 Å². The second kappa shape index (κ2) is 8.59. The summed E-state index contributed by atoms with van der Waals surface area (Å²) >= 11 is 0. The monoisotopic (exact) mass is 375 g/mol. The van der Waals surface area contributed by atoms with Crippen LogP contribution in [0.5, 0.6) is 0 Å². The molecule has 1 aromatic heterocycles. The van der Waals surface area contributed by atoms with Crippen LogP contribution in [0.3, 0.4) is 0 Å². The predicted molar refractivity (Wildman–Crippen MR) is 102 cm³/mol. The lowest BCUT2D eigenvalue weighted by molar-refractivity contribution is 0.0912. The van der Waals surface area contributed by atoms with Gasteiger partial charge in [0, 0.05) is 31.6 Å². The van der Waals surface area contributed by atoms with E-state index in [-0.39, 0.29) is 6.03 Å². The van der Waals surface area contributed by atoms with E-state index < -0.39 is 0 Å². The first-order valence-electron chi connectivity index (χ1n) is 10.8. The fourth-order valence-electron chi connectivity index (χ4n) is 4.64. The molecule has 0 radical (unpaired) electrons. The summed E-state index contributed by atoms with van der Waals surface area (Å²) in [5.74, 6) is 1.76. The Morgan fingerprint density at radius 1 is 1.19 bits per heavy atom. The van der Waals surface area contributed by atoms with Crippen LogP contribution in [-0.4, -0.2) is 58.2 Å². The molecule has 1 aromatic rings. The third kappa shape index (κ3) is 4.81. The van der Waals surface area contributed by atoms with Crippen molar-refractivity contribution in [2.24, 2.45) is 0 Å². The Labute approximate surface area is 161 Å². The summed E-state index contributed by atoms with van der Waals surface area (Å²) < 4.78 is 5.27. The van der Waals surface area contributed by atoms with Crippen molar-refractivity contribution in [1.82, 2.24) is 25.3 Å². The molecule has 150 valence electrons. The van der Waals surface area contributed by atoms with Gasteiger partial charge in [-0.25, -0.2) is 4.79 Å². The molecular weight excluding hydrogens is 342 g/mol. The van der Waals surface area contributed by atoms with E-state index in [1.54, 1.807) is 11.9 Å². The fourth-order valence-corrected chi connectivity index (χ4v) is 4.64. The molecular formula is C20H33N5O2. The zero-order chi connectivity index (χ0) is 18.6. The van der Waals surface area contributed by atoms with Crippen molar-refractivity contribution < 1.29 is 9.32 Å². The van der Waals surface area contributed by atoms with Gasteiger partial charge in [0.05, 0.1) is 6.54 Å². The van der Waals surface area contributed by atoms with Crippen molar-refractivity contribution in [1.29, 1.82) is 0 Å². The van der Waals surface area contributed by atoms with Gasteiger partial charge in [-0.15, -0.1) is 0 Å². The number of piperidine rings is 1. The van der Waals surface area contributed by atoms with E-state index in [0.717, 1.165) is 37.7 Å². The first-order chi connectivity index (χ1) is 13.2. The highest BCUT2D eigenvalue weighted by Crippen LogP contribution is 2.38. The maximum atomic E-state index is 12.4. The van der Waals surface area contributed by atoms with Crippen molar-refractivity contribution in [3.05, 3.63) is 11.7 Å². The van der Waals surface area contributed by atoms with Gasteiger partial charge in [-0.2, -0.15) is 4.98 Å². The minimum Gasteiger partial charge on any atom is -0.339 e. The zero-order valence-corrected chi connectivity index (χ0v) is 16.5. The third-order valence-electron chi connectivity index (χ3n) is 6.36. The Morgan fingerprint density at radius 3 is 2.74 bits per heavy atom. The highest BCUT2D eigenvalue weighted by Gasteiger charge is 2.31. The number of nitrogens with zero attached hydrogens (tertiary/aromatic N) is 4. The van der Waals surface area contributed by atoms with Crippen LogP contribution in [0, 0.1) is 0 Å². The Morgan fingerprint density at radius 2 is 1.96 bits per heavy atom. The molecule has 2 aliphatic carbocycles. The Balaban J connectivity index is 1.20. The summed E-state index contributed by atoms with van der Waals surface area (Å²) in [7, 11) is 1.79. The molecule has 4 rings (SSSR count). The SMILES string of the molecule is CN(Cc1noc(C2CC2)n1)C(=O)NCC[C@@H]1CCCCN1C1CCCC1. The van der Waals surface area contributed by atoms with Crippen molar-refractivity contribution in [2.75, 3.05) is 20.1 Å². The number of carbonyl (C=O) groups is 1. The van der Waals surface area contributed by atoms with Crippen molar-refractivity contribution in [3.8, 4) is 0 Å². The first-order valence-corrected chi connectivity index (χ1v) is 10.8. The van der Waals surface area contributed by atoms with Gasteiger partial charge in [-0.3, -0.25) is 4.90 Å². The molecule has 1 N–H and O–H groups in total. The molecule has 3 fully saturated rings. The summed E-state index contributed by atoms with van der Waals surface area (Å²) in [6, 6.07) is 1.36. The highest BCUT2D eigenvalue weighted by molar-refractivity contribution is 5.73. The van der Waals surface area contributed by atoms with Crippen molar-refractivity contribution >= 4 is 6.03 Å². The van der Waals surface area contributed by atoms with E-state index in [0.29, 0.717) is 24.3 Å². The number of likely N-dealkylation sites (tertiary alicyclic amines) is 1. The smallest absolute Gasteiger partial charge is 0.317 e. The lowest BCUT2D eigenvalue weighted by atomic mass is 9.96. The van der Waals surface area contributed by atoms with Crippen LogP contribution in [0.25, 0.3) is 0 Å². The average molecular weight is 376 g/mol. The van der Waals surface area contributed by atoms with Crippen LogP contribution in [-0.2, 0) is 6.54 Å². The predicted octanol–water partition coefficient (Wildman–Crippen LogP) is 3.28. The van der Waals surface area contributed by atoms with Crippen LogP contribution >= 0.6 is 0 Å². The van der Waals surface area contributed by atoms with E-state index in [4.69, 9.17) is 4.52 Å². The molecule has 7 heteroatoms. The van der Waals surface area contributed by atoms with E-state index in [1.807, 2.05) is 0 Å². The number of amides is 2.